The Labute approximate surface area is 120 Å². The summed E-state index contributed by atoms with van der Waals surface area (Å²) < 4.78 is 10.6. The number of hydrogen-bond donors (Lipinski definition) is 1. The highest BCUT2D eigenvalue weighted by Gasteiger charge is 2.34. The first-order chi connectivity index (χ1) is 9.60. The predicted molar refractivity (Wildman–Crippen MR) is 72.4 cm³/mol. The standard InChI is InChI=1S/C14H12ClNO4/c1-19-10-5-4-8(15)6-9(10)13-16-11(7-2-3-7)12(20-13)14(17)18/h4-7H,2-3H2,1H3,(H,17,18). The van der Waals surface area contributed by atoms with E-state index < -0.39 is 5.97 Å². The maximum Gasteiger partial charge on any atom is 0.373 e. The molecule has 5 nitrogen and oxygen atoms in total. The normalized spacial score (nSPS) is 14.3. The second kappa shape index (κ2) is 4.83. The molecule has 104 valence electrons. The Hall–Kier alpha value is -2.01. The van der Waals surface area contributed by atoms with Crippen LogP contribution in [0.15, 0.2) is 22.6 Å². The number of nitrogens with zero attached hydrogens (tertiary/aromatic N) is 1. The van der Waals surface area contributed by atoms with Gasteiger partial charge in [0.15, 0.2) is 0 Å². The van der Waals surface area contributed by atoms with Crippen LogP contribution in [-0.4, -0.2) is 23.2 Å². The number of oxazole rings is 1. The van der Waals surface area contributed by atoms with Crippen LogP contribution < -0.4 is 4.74 Å². The molecule has 1 aliphatic rings. The van der Waals surface area contributed by atoms with Gasteiger partial charge >= 0.3 is 5.97 Å². The number of carbonyl (C=O) groups is 1. The van der Waals surface area contributed by atoms with Gasteiger partial charge in [-0.15, -0.1) is 0 Å². The highest BCUT2D eigenvalue weighted by molar-refractivity contribution is 6.30. The highest BCUT2D eigenvalue weighted by atomic mass is 35.5. The molecule has 0 bridgehead atoms. The zero-order valence-electron chi connectivity index (χ0n) is 10.7. The summed E-state index contributed by atoms with van der Waals surface area (Å²) in [5.74, 6) is -0.251. The lowest BCUT2D eigenvalue weighted by molar-refractivity contribution is 0.0661. The van der Waals surface area contributed by atoms with E-state index in [1.165, 1.54) is 7.11 Å². The Morgan fingerprint density at radius 1 is 1.50 bits per heavy atom. The average Bonchev–Trinajstić information content (AvgIpc) is 3.17. The summed E-state index contributed by atoms with van der Waals surface area (Å²) >= 11 is 5.97. The molecule has 1 aliphatic carbocycles. The van der Waals surface area contributed by atoms with E-state index >= 15 is 0 Å². The number of ether oxygens (including phenoxy) is 1. The number of carboxylic acids is 1. The molecule has 2 aromatic rings. The van der Waals surface area contributed by atoms with Crippen molar-refractivity contribution < 1.29 is 19.1 Å². The lowest BCUT2D eigenvalue weighted by atomic mass is 10.2. The zero-order chi connectivity index (χ0) is 14.3. The summed E-state index contributed by atoms with van der Waals surface area (Å²) in [7, 11) is 1.52. The van der Waals surface area contributed by atoms with Gasteiger partial charge in [0, 0.05) is 10.9 Å². The van der Waals surface area contributed by atoms with Crippen molar-refractivity contribution in [2.45, 2.75) is 18.8 Å². The quantitative estimate of drug-likeness (QED) is 0.932. The molecule has 0 unspecified atom stereocenters. The van der Waals surface area contributed by atoms with Crippen LogP contribution in [0.4, 0.5) is 0 Å². The molecular formula is C14H12ClNO4. The van der Waals surface area contributed by atoms with Crippen LogP contribution in [-0.2, 0) is 0 Å². The Kier molecular flexibility index (Phi) is 3.14. The molecule has 0 atom stereocenters. The molecule has 0 saturated heterocycles. The van der Waals surface area contributed by atoms with Crippen molar-refractivity contribution >= 4 is 17.6 Å². The molecule has 1 aromatic carbocycles. The topological polar surface area (TPSA) is 72.6 Å². The monoisotopic (exact) mass is 293 g/mol. The van der Waals surface area contributed by atoms with Gasteiger partial charge in [-0.1, -0.05) is 11.6 Å². The summed E-state index contributed by atoms with van der Waals surface area (Å²) in [5, 5.41) is 9.70. The second-order valence-corrected chi connectivity index (χ2v) is 5.09. The Balaban J connectivity index is 2.12. The smallest absolute Gasteiger partial charge is 0.373 e. The highest BCUT2D eigenvalue weighted by Crippen LogP contribution is 2.43. The molecule has 0 radical (unpaired) electrons. The number of halogens is 1. The van der Waals surface area contributed by atoms with Crippen LogP contribution in [0.5, 0.6) is 5.75 Å². The van der Waals surface area contributed by atoms with Crippen LogP contribution in [0.2, 0.25) is 5.02 Å². The third-order valence-corrected chi connectivity index (χ3v) is 3.44. The minimum Gasteiger partial charge on any atom is -0.496 e. The summed E-state index contributed by atoms with van der Waals surface area (Å²) in [6, 6.07) is 5.03. The van der Waals surface area contributed by atoms with Crippen molar-refractivity contribution in [2.75, 3.05) is 7.11 Å². The molecule has 1 aromatic heterocycles. The Bertz CT molecular complexity index is 676. The van der Waals surface area contributed by atoms with E-state index in [-0.39, 0.29) is 17.6 Å². The van der Waals surface area contributed by atoms with Gasteiger partial charge in [-0.05, 0) is 31.0 Å². The Morgan fingerprint density at radius 2 is 2.25 bits per heavy atom. The van der Waals surface area contributed by atoms with Crippen LogP contribution in [0.3, 0.4) is 0 Å². The van der Waals surface area contributed by atoms with Gasteiger partial charge in [-0.25, -0.2) is 9.78 Å². The van der Waals surface area contributed by atoms with Gasteiger partial charge in [-0.2, -0.15) is 0 Å². The van der Waals surface area contributed by atoms with Crippen molar-refractivity contribution in [2.24, 2.45) is 0 Å². The van der Waals surface area contributed by atoms with Crippen LogP contribution in [0, 0.1) is 0 Å². The van der Waals surface area contributed by atoms with Crippen molar-refractivity contribution in [3.63, 3.8) is 0 Å². The van der Waals surface area contributed by atoms with E-state index in [1.54, 1.807) is 18.2 Å². The van der Waals surface area contributed by atoms with E-state index in [4.69, 9.17) is 20.8 Å². The fraction of sp³-hybridized carbons (Fsp3) is 0.286. The summed E-state index contributed by atoms with van der Waals surface area (Å²) in [6.45, 7) is 0. The van der Waals surface area contributed by atoms with Crippen molar-refractivity contribution in [1.29, 1.82) is 0 Å². The van der Waals surface area contributed by atoms with E-state index in [9.17, 15) is 9.90 Å². The van der Waals surface area contributed by atoms with Crippen LogP contribution >= 0.6 is 11.6 Å². The van der Waals surface area contributed by atoms with Crippen LogP contribution in [0.25, 0.3) is 11.5 Å². The number of hydrogen-bond acceptors (Lipinski definition) is 4. The van der Waals surface area contributed by atoms with Crippen molar-refractivity contribution in [3.8, 4) is 17.2 Å². The molecule has 1 heterocycles. The molecule has 0 amide bonds. The number of methoxy groups -OCH3 is 1. The minimum atomic E-state index is -1.10. The summed E-state index contributed by atoms with van der Waals surface area (Å²) in [4.78, 5) is 15.6. The number of aromatic carboxylic acids is 1. The summed E-state index contributed by atoms with van der Waals surface area (Å²) in [6.07, 6.45) is 1.89. The van der Waals surface area contributed by atoms with E-state index in [0.717, 1.165) is 12.8 Å². The predicted octanol–water partition coefficient (Wildman–Crippen LogP) is 3.58. The lowest BCUT2D eigenvalue weighted by Crippen LogP contribution is -1.98. The van der Waals surface area contributed by atoms with Gasteiger partial charge in [0.1, 0.15) is 5.75 Å². The fourth-order valence-corrected chi connectivity index (χ4v) is 2.25. The molecule has 1 N–H and O–H groups in total. The van der Waals surface area contributed by atoms with Gasteiger partial charge in [0.05, 0.1) is 18.4 Å². The average molecular weight is 294 g/mol. The van der Waals surface area contributed by atoms with E-state index in [0.29, 0.717) is 22.0 Å². The number of aromatic nitrogens is 1. The lowest BCUT2D eigenvalue weighted by Gasteiger charge is -2.05. The maximum atomic E-state index is 11.2. The largest absolute Gasteiger partial charge is 0.496 e. The molecule has 1 saturated carbocycles. The molecule has 0 spiro atoms. The van der Waals surface area contributed by atoms with E-state index in [2.05, 4.69) is 4.98 Å². The molecule has 0 aliphatic heterocycles. The number of carboxylic acid groups (broad SMARTS) is 1. The molecule has 20 heavy (non-hydrogen) atoms. The SMILES string of the molecule is COc1ccc(Cl)cc1-c1nc(C2CC2)c(C(=O)O)o1. The second-order valence-electron chi connectivity index (χ2n) is 4.66. The Morgan fingerprint density at radius 3 is 2.85 bits per heavy atom. The van der Waals surface area contributed by atoms with Gasteiger partial charge in [0.2, 0.25) is 11.7 Å². The first-order valence-corrected chi connectivity index (χ1v) is 6.56. The van der Waals surface area contributed by atoms with Gasteiger partial charge < -0.3 is 14.3 Å². The molecular weight excluding hydrogens is 282 g/mol. The molecule has 3 rings (SSSR count). The molecule has 1 fully saturated rings. The first kappa shape index (κ1) is 13.0. The van der Waals surface area contributed by atoms with Gasteiger partial charge in [-0.3, -0.25) is 0 Å². The minimum absolute atomic E-state index is 0.0930. The zero-order valence-corrected chi connectivity index (χ0v) is 11.5. The number of rotatable bonds is 4. The van der Waals surface area contributed by atoms with Crippen molar-refractivity contribution in [1.82, 2.24) is 4.98 Å². The third-order valence-electron chi connectivity index (χ3n) is 3.20. The maximum absolute atomic E-state index is 11.2. The van der Waals surface area contributed by atoms with Crippen molar-refractivity contribution in [3.05, 3.63) is 34.7 Å². The number of benzene rings is 1. The van der Waals surface area contributed by atoms with Gasteiger partial charge in [0.25, 0.3) is 0 Å². The fourth-order valence-electron chi connectivity index (χ4n) is 2.08. The van der Waals surface area contributed by atoms with E-state index in [1.807, 2.05) is 0 Å². The molecule has 6 heteroatoms. The summed E-state index contributed by atoms with van der Waals surface area (Å²) in [5.41, 5.74) is 1.06. The first-order valence-electron chi connectivity index (χ1n) is 6.18. The third kappa shape index (κ3) is 2.25. The van der Waals surface area contributed by atoms with Crippen LogP contribution in [0.1, 0.15) is 35.0 Å².